The van der Waals surface area contributed by atoms with E-state index in [1.165, 1.54) is 24.3 Å². The number of benzene rings is 3. The third kappa shape index (κ3) is 4.48. The van der Waals surface area contributed by atoms with Crippen molar-refractivity contribution in [3.63, 3.8) is 0 Å². The molecule has 3 atom stereocenters. The van der Waals surface area contributed by atoms with Crippen LogP contribution in [0.15, 0.2) is 71.6 Å². The molecule has 3 nitrogen and oxygen atoms in total. The summed E-state index contributed by atoms with van der Waals surface area (Å²) in [5.74, 6) is -0.364. The molecule has 1 aliphatic carbocycles. The average molecular weight is 550 g/mol. The molecular weight excluding hydrogens is 521 g/mol. The molecule has 38 heavy (non-hydrogen) atoms. The maximum Gasteiger partial charge on any atom is 0.426 e. The minimum absolute atomic E-state index is 0.0833. The van der Waals surface area contributed by atoms with Crippen molar-refractivity contribution in [2.24, 2.45) is 0 Å². The fraction of sp³-hybridized carbons (Fsp3) is 0.379. The van der Waals surface area contributed by atoms with Crippen LogP contribution in [0.2, 0.25) is 0 Å². The molecule has 9 heteroatoms. The summed E-state index contributed by atoms with van der Waals surface area (Å²) in [6, 6.07) is 17.1. The lowest BCUT2D eigenvalue weighted by Crippen LogP contribution is -2.48. The van der Waals surface area contributed by atoms with Crippen LogP contribution >= 0.6 is 0 Å². The Morgan fingerprint density at radius 1 is 1.00 bits per heavy atom. The molecule has 2 aliphatic rings. The van der Waals surface area contributed by atoms with Crippen molar-refractivity contribution in [1.29, 1.82) is 0 Å². The second-order valence-corrected chi connectivity index (χ2v) is 12.6. The van der Waals surface area contributed by atoms with Crippen LogP contribution in [-0.4, -0.2) is 33.4 Å². The van der Waals surface area contributed by atoms with Gasteiger partial charge in [-0.1, -0.05) is 36.4 Å². The predicted molar refractivity (Wildman–Crippen MR) is 136 cm³/mol. The van der Waals surface area contributed by atoms with Crippen LogP contribution in [0.5, 0.6) is 0 Å². The molecule has 1 heterocycles. The van der Waals surface area contributed by atoms with E-state index in [2.05, 4.69) is 4.90 Å². The fourth-order valence-electron chi connectivity index (χ4n) is 6.19. The number of nitrogens with zero attached hydrogens (tertiary/aromatic N) is 1. The second kappa shape index (κ2) is 9.07. The van der Waals surface area contributed by atoms with Crippen LogP contribution in [0.1, 0.15) is 42.0 Å². The summed E-state index contributed by atoms with van der Waals surface area (Å²) in [6.45, 7) is 1.14. The van der Waals surface area contributed by atoms with Crippen molar-refractivity contribution in [1.82, 2.24) is 0 Å². The van der Waals surface area contributed by atoms with E-state index in [1.807, 2.05) is 6.07 Å². The minimum atomic E-state index is -5.04. The molecule has 3 aromatic rings. The van der Waals surface area contributed by atoms with Gasteiger partial charge < -0.3 is 4.90 Å². The molecule has 1 aliphatic heterocycles. The number of sulfone groups is 1. The first-order valence-corrected chi connectivity index (χ1v) is 14.3. The summed E-state index contributed by atoms with van der Waals surface area (Å²) in [6.07, 6.45) is -1.68. The number of aryl methyl sites for hydroxylation is 1. The Labute approximate surface area is 219 Å². The molecule has 0 radical (unpaired) electrons. The van der Waals surface area contributed by atoms with Gasteiger partial charge in [-0.05, 0) is 85.2 Å². The Morgan fingerprint density at radius 2 is 1.71 bits per heavy atom. The highest BCUT2D eigenvalue weighted by Crippen LogP contribution is 2.52. The first-order chi connectivity index (χ1) is 17.7. The van der Waals surface area contributed by atoms with Gasteiger partial charge in [0.15, 0.2) is 9.84 Å². The van der Waals surface area contributed by atoms with Crippen LogP contribution in [0.25, 0.3) is 0 Å². The zero-order valence-corrected chi connectivity index (χ0v) is 21.8. The summed E-state index contributed by atoms with van der Waals surface area (Å²) >= 11 is 0. The molecule has 5 rings (SSSR count). The molecule has 1 saturated heterocycles. The summed E-state index contributed by atoms with van der Waals surface area (Å²) in [5, 5.41) is 0. The standard InChI is InChI=1S/C29H28F5NO2S/c1-27(31,29(32,33)34)21-9-12-25-20(16-21)8-13-26-28(25,18-19-6-10-22(30)11-7-19)14-15-35(26)23-4-3-5-24(17-23)38(2,36)37/h3-7,9-12,16-17,26H,8,13-15,18H2,1-2H3/t26-,27?,28-/m1/s1. The van der Waals surface area contributed by atoms with E-state index in [1.54, 1.807) is 36.4 Å². The van der Waals surface area contributed by atoms with Crippen molar-refractivity contribution >= 4 is 15.5 Å². The Balaban J connectivity index is 1.61. The Bertz CT molecular complexity index is 1470. The monoisotopic (exact) mass is 549 g/mol. The number of rotatable bonds is 5. The van der Waals surface area contributed by atoms with E-state index in [9.17, 15) is 30.4 Å². The molecule has 3 aromatic carbocycles. The molecule has 202 valence electrons. The number of fused-ring (bicyclic) bond motifs is 3. The third-order valence-electron chi connectivity index (χ3n) is 8.23. The summed E-state index contributed by atoms with van der Waals surface area (Å²) in [4.78, 5) is 2.38. The van der Waals surface area contributed by atoms with E-state index in [4.69, 9.17) is 0 Å². The average Bonchev–Trinajstić information content (AvgIpc) is 3.23. The highest BCUT2D eigenvalue weighted by atomic mass is 32.2. The first kappa shape index (κ1) is 26.7. The van der Waals surface area contributed by atoms with Crippen LogP contribution in [0.3, 0.4) is 0 Å². The lowest BCUT2D eigenvalue weighted by Gasteiger charge is -2.44. The molecule has 1 fully saturated rings. The van der Waals surface area contributed by atoms with Gasteiger partial charge in [0.1, 0.15) is 5.82 Å². The molecule has 0 N–H and O–H groups in total. The molecular formula is C29H28F5NO2S. The number of alkyl halides is 4. The SMILES string of the molecule is CC(F)(c1ccc2c(c1)CC[C@H]1N(c3cccc(S(C)(=O)=O)c3)CC[C@@]21Cc1ccc(F)cc1)C(F)(F)F. The fourth-order valence-corrected chi connectivity index (χ4v) is 6.85. The maximum atomic E-state index is 14.8. The number of hydrogen-bond acceptors (Lipinski definition) is 3. The molecule has 0 bridgehead atoms. The lowest BCUT2D eigenvalue weighted by atomic mass is 9.63. The van der Waals surface area contributed by atoms with Crippen LogP contribution in [0.4, 0.5) is 27.6 Å². The largest absolute Gasteiger partial charge is 0.426 e. The van der Waals surface area contributed by atoms with Gasteiger partial charge in [0.2, 0.25) is 5.67 Å². The zero-order valence-electron chi connectivity index (χ0n) is 21.0. The van der Waals surface area contributed by atoms with E-state index in [0.717, 1.165) is 23.1 Å². The second-order valence-electron chi connectivity index (χ2n) is 10.6. The maximum absolute atomic E-state index is 14.8. The van der Waals surface area contributed by atoms with Crippen molar-refractivity contribution in [3.05, 3.63) is 94.8 Å². The normalized spacial score (nSPS) is 23.0. The van der Waals surface area contributed by atoms with Crippen molar-refractivity contribution < 1.29 is 30.4 Å². The van der Waals surface area contributed by atoms with Gasteiger partial charge in [0, 0.05) is 29.9 Å². The van der Waals surface area contributed by atoms with Gasteiger partial charge in [-0.15, -0.1) is 0 Å². The van der Waals surface area contributed by atoms with Crippen molar-refractivity contribution in [3.8, 4) is 0 Å². The minimum Gasteiger partial charge on any atom is -0.368 e. The number of halogens is 5. The molecule has 0 saturated carbocycles. The van der Waals surface area contributed by atoms with E-state index in [0.29, 0.717) is 44.7 Å². The quantitative estimate of drug-likeness (QED) is 0.333. The lowest BCUT2D eigenvalue weighted by molar-refractivity contribution is -0.228. The molecule has 0 amide bonds. The zero-order chi connectivity index (χ0) is 27.5. The van der Waals surface area contributed by atoms with Gasteiger partial charge in [-0.3, -0.25) is 0 Å². The van der Waals surface area contributed by atoms with Crippen molar-refractivity contribution in [2.75, 3.05) is 17.7 Å². The molecule has 0 spiro atoms. The number of anilines is 1. The summed E-state index contributed by atoms with van der Waals surface area (Å²) in [7, 11) is -3.42. The van der Waals surface area contributed by atoms with E-state index < -0.39 is 32.7 Å². The first-order valence-electron chi connectivity index (χ1n) is 12.4. The van der Waals surface area contributed by atoms with Gasteiger partial charge in [0.25, 0.3) is 0 Å². The number of hydrogen-bond donors (Lipinski definition) is 0. The highest BCUT2D eigenvalue weighted by Gasteiger charge is 2.55. The predicted octanol–water partition coefficient (Wildman–Crippen LogP) is 6.68. The van der Waals surface area contributed by atoms with Gasteiger partial charge in [0.05, 0.1) is 4.90 Å². The van der Waals surface area contributed by atoms with Crippen LogP contribution in [-0.2, 0) is 33.8 Å². The topological polar surface area (TPSA) is 37.4 Å². The van der Waals surface area contributed by atoms with Gasteiger partial charge in [-0.25, -0.2) is 17.2 Å². The summed E-state index contributed by atoms with van der Waals surface area (Å²) in [5.41, 5.74) is -1.25. The Morgan fingerprint density at radius 3 is 2.37 bits per heavy atom. The molecule has 0 aromatic heterocycles. The Kier molecular flexibility index (Phi) is 6.36. The van der Waals surface area contributed by atoms with Gasteiger partial charge >= 0.3 is 6.18 Å². The molecule has 1 unspecified atom stereocenters. The van der Waals surface area contributed by atoms with Crippen LogP contribution < -0.4 is 4.90 Å². The van der Waals surface area contributed by atoms with Crippen LogP contribution in [0, 0.1) is 5.82 Å². The summed E-state index contributed by atoms with van der Waals surface area (Å²) < 4.78 is 93.3. The Hall–Kier alpha value is -2.94. The smallest absolute Gasteiger partial charge is 0.368 e. The van der Waals surface area contributed by atoms with Crippen molar-refractivity contribution in [2.45, 2.75) is 60.8 Å². The van der Waals surface area contributed by atoms with E-state index >= 15 is 0 Å². The van der Waals surface area contributed by atoms with Gasteiger partial charge in [-0.2, -0.15) is 13.2 Å². The van der Waals surface area contributed by atoms with E-state index in [-0.39, 0.29) is 16.8 Å². The highest BCUT2D eigenvalue weighted by molar-refractivity contribution is 7.90. The third-order valence-corrected chi connectivity index (χ3v) is 9.34.